The van der Waals surface area contributed by atoms with Crippen molar-refractivity contribution in [2.24, 2.45) is 0 Å². The fraction of sp³-hybridized carbons (Fsp3) is 0.615. The van der Waals surface area contributed by atoms with E-state index in [-0.39, 0.29) is 24.5 Å². The van der Waals surface area contributed by atoms with Crippen LogP contribution < -0.4 is 0 Å². The molecule has 0 amide bonds. The molecule has 0 unspecified atom stereocenters. The number of aromatic nitrogens is 1. The molecule has 0 spiro atoms. The molecule has 0 bridgehead atoms. The van der Waals surface area contributed by atoms with Crippen molar-refractivity contribution in [2.75, 3.05) is 0 Å². The molecular formula is C13H18FNO2. The average Bonchev–Trinajstić information content (AvgIpc) is 2.13. The zero-order chi connectivity index (χ0) is 12.8. The Morgan fingerprint density at radius 2 is 1.94 bits per heavy atom. The molecule has 0 radical (unpaired) electrons. The summed E-state index contributed by atoms with van der Waals surface area (Å²) in [6.07, 6.45) is 1.85. The molecule has 1 aromatic heterocycles. The van der Waals surface area contributed by atoms with Gasteiger partial charge in [0.05, 0.1) is 5.60 Å². The van der Waals surface area contributed by atoms with Crippen molar-refractivity contribution in [2.45, 2.75) is 50.7 Å². The van der Waals surface area contributed by atoms with Crippen molar-refractivity contribution in [3.05, 3.63) is 29.3 Å². The zero-order valence-corrected chi connectivity index (χ0v) is 10.4. The maximum absolute atomic E-state index is 13.9. The Morgan fingerprint density at radius 3 is 2.35 bits per heavy atom. The normalized spacial score (nSPS) is 32.6. The molecule has 1 fully saturated rings. The molecule has 1 aliphatic carbocycles. The third-order valence-corrected chi connectivity index (χ3v) is 3.32. The largest absolute Gasteiger partial charge is 0.390 e. The summed E-state index contributed by atoms with van der Waals surface area (Å²) in [5.74, 6) is -0.292. The van der Waals surface area contributed by atoms with Crippen LogP contribution in [0.1, 0.15) is 50.8 Å². The van der Waals surface area contributed by atoms with E-state index in [1.54, 1.807) is 13.1 Å². The van der Waals surface area contributed by atoms with Crippen molar-refractivity contribution in [1.82, 2.24) is 4.98 Å². The molecule has 1 aliphatic rings. The Labute approximate surface area is 100 Å². The third-order valence-electron chi connectivity index (χ3n) is 3.32. The number of halogens is 1. The van der Waals surface area contributed by atoms with Gasteiger partial charge < -0.3 is 10.2 Å². The lowest BCUT2D eigenvalue weighted by atomic mass is 9.66. The molecule has 0 atom stereocenters. The summed E-state index contributed by atoms with van der Waals surface area (Å²) >= 11 is 0. The summed E-state index contributed by atoms with van der Waals surface area (Å²) in [4.78, 5) is 4.02. The molecule has 0 aliphatic heterocycles. The third kappa shape index (κ3) is 2.19. The number of pyridine rings is 1. The van der Waals surface area contributed by atoms with Crippen molar-refractivity contribution in [3.8, 4) is 0 Å². The molecule has 1 saturated carbocycles. The van der Waals surface area contributed by atoms with Crippen LogP contribution in [0.15, 0.2) is 12.3 Å². The second-order valence-corrected chi connectivity index (χ2v) is 5.64. The van der Waals surface area contributed by atoms with Gasteiger partial charge in [-0.2, -0.15) is 0 Å². The average molecular weight is 239 g/mol. The van der Waals surface area contributed by atoms with Crippen molar-refractivity contribution in [3.63, 3.8) is 0 Å². The first-order chi connectivity index (χ1) is 7.73. The molecule has 2 rings (SSSR count). The zero-order valence-electron chi connectivity index (χ0n) is 10.4. The molecule has 1 aromatic rings. The summed E-state index contributed by atoms with van der Waals surface area (Å²) in [5, 5.41) is 19.8. The van der Waals surface area contributed by atoms with Gasteiger partial charge in [-0.15, -0.1) is 0 Å². The van der Waals surface area contributed by atoms with Crippen LogP contribution in [0.2, 0.25) is 0 Å². The van der Waals surface area contributed by atoms with Crippen molar-refractivity contribution >= 4 is 0 Å². The quantitative estimate of drug-likeness (QED) is 0.830. The minimum Gasteiger partial charge on any atom is -0.390 e. The lowest BCUT2D eigenvalue weighted by Gasteiger charge is -2.47. The monoisotopic (exact) mass is 239 g/mol. The van der Waals surface area contributed by atoms with Gasteiger partial charge in [-0.25, -0.2) is 4.39 Å². The Kier molecular flexibility index (Phi) is 2.75. The van der Waals surface area contributed by atoms with Gasteiger partial charge in [0.25, 0.3) is 0 Å². The number of hydrogen-bond acceptors (Lipinski definition) is 3. The van der Waals surface area contributed by atoms with E-state index in [9.17, 15) is 14.6 Å². The summed E-state index contributed by atoms with van der Waals surface area (Å²) in [6.45, 7) is 5.54. The molecular weight excluding hydrogens is 221 g/mol. The summed E-state index contributed by atoms with van der Waals surface area (Å²) in [5.41, 5.74) is -1.38. The van der Waals surface area contributed by atoms with E-state index in [0.29, 0.717) is 0 Å². The molecule has 0 aromatic carbocycles. The lowest BCUT2D eigenvalue weighted by molar-refractivity contribution is -0.179. The van der Waals surface area contributed by atoms with Crippen LogP contribution in [0, 0.1) is 5.82 Å². The summed E-state index contributed by atoms with van der Waals surface area (Å²) in [6, 6.07) is 1.41. The van der Waals surface area contributed by atoms with Crippen molar-refractivity contribution in [1.29, 1.82) is 0 Å². The first-order valence-corrected chi connectivity index (χ1v) is 5.84. The fourth-order valence-electron chi connectivity index (χ4n) is 2.49. The SMILES string of the molecule is CC(C)c1cnc(C2(O)CC(C)(O)C2)c(F)c1. The number of aliphatic hydroxyl groups is 2. The first-order valence-electron chi connectivity index (χ1n) is 5.84. The van der Waals surface area contributed by atoms with E-state index in [2.05, 4.69) is 4.98 Å². The maximum Gasteiger partial charge on any atom is 0.147 e. The van der Waals surface area contributed by atoms with E-state index in [1.807, 2.05) is 13.8 Å². The van der Waals surface area contributed by atoms with E-state index >= 15 is 0 Å². The maximum atomic E-state index is 13.9. The van der Waals surface area contributed by atoms with E-state index in [4.69, 9.17) is 0 Å². The summed E-state index contributed by atoms with van der Waals surface area (Å²) < 4.78 is 13.9. The number of nitrogens with zero attached hydrogens (tertiary/aromatic N) is 1. The van der Waals surface area contributed by atoms with Crippen LogP contribution in [0.5, 0.6) is 0 Å². The number of hydrogen-bond donors (Lipinski definition) is 2. The van der Waals surface area contributed by atoms with Gasteiger partial charge in [-0.05, 0) is 24.5 Å². The van der Waals surface area contributed by atoms with Crippen LogP contribution in [0.3, 0.4) is 0 Å². The Hall–Kier alpha value is -1.00. The van der Waals surface area contributed by atoms with E-state index in [0.717, 1.165) is 5.56 Å². The highest BCUT2D eigenvalue weighted by atomic mass is 19.1. The summed E-state index contributed by atoms with van der Waals surface area (Å²) in [7, 11) is 0. The predicted octanol–water partition coefficient (Wildman–Crippen LogP) is 2.08. The Balaban J connectivity index is 2.29. The molecule has 17 heavy (non-hydrogen) atoms. The van der Waals surface area contributed by atoms with Gasteiger partial charge >= 0.3 is 0 Å². The van der Waals surface area contributed by atoms with Gasteiger partial charge in [0.1, 0.15) is 17.1 Å². The second kappa shape index (κ2) is 3.75. The van der Waals surface area contributed by atoms with Crippen LogP contribution in [0.25, 0.3) is 0 Å². The first kappa shape index (κ1) is 12.5. The molecule has 3 nitrogen and oxygen atoms in total. The van der Waals surface area contributed by atoms with Gasteiger partial charge in [-0.1, -0.05) is 13.8 Å². The lowest BCUT2D eigenvalue weighted by Crippen LogP contribution is -2.53. The highest BCUT2D eigenvalue weighted by molar-refractivity contribution is 5.26. The smallest absolute Gasteiger partial charge is 0.147 e. The molecule has 0 saturated heterocycles. The highest BCUT2D eigenvalue weighted by Gasteiger charge is 2.53. The Bertz CT molecular complexity index is 435. The Morgan fingerprint density at radius 1 is 1.35 bits per heavy atom. The minimum absolute atomic E-state index is 0.0495. The van der Waals surface area contributed by atoms with Gasteiger partial charge in [0, 0.05) is 19.0 Å². The minimum atomic E-state index is -1.32. The van der Waals surface area contributed by atoms with Crippen LogP contribution in [-0.2, 0) is 5.60 Å². The standard InChI is InChI=1S/C13H18FNO2/c1-8(2)9-4-10(14)11(15-5-9)13(17)6-12(3,16)7-13/h4-5,8,16-17H,6-7H2,1-3H3. The second-order valence-electron chi connectivity index (χ2n) is 5.64. The van der Waals surface area contributed by atoms with Crippen molar-refractivity contribution < 1.29 is 14.6 Å². The molecule has 1 heterocycles. The van der Waals surface area contributed by atoms with E-state index in [1.165, 1.54) is 6.07 Å². The molecule has 94 valence electrons. The topological polar surface area (TPSA) is 53.4 Å². The molecule has 2 N–H and O–H groups in total. The molecule has 4 heteroatoms. The van der Waals surface area contributed by atoms with Crippen LogP contribution in [-0.4, -0.2) is 20.8 Å². The highest BCUT2D eigenvalue weighted by Crippen LogP contribution is 2.48. The van der Waals surface area contributed by atoms with Gasteiger partial charge in [0.15, 0.2) is 0 Å². The van der Waals surface area contributed by atoms with Crippen LogP contribution >= 0.6 is 0 Å². The van der Waals surface area contributed by atoms with Crippen LogP contribution in [0.4, 0.5) is 4.39 Å². The number of rotatable bonds is 2. The fourth-order valence-corrected chi connectivity index (χ4v) is 2.49. The van der Waals surface area contributed by atoms with Gasteiger partial charge in [0.2, 0.25) is 0 Å². The van der Waals surface area contributed by atoms with Gasteiger partial charge in [-0.3, -0.25) is 4.98 Å². The predicted molar refractivity (Wildman–Crippen MR) is 62.0 cm³/mol. The van der Waals surface area contributed by atoms with E-state index < -0.39 is 17.0 Å².